The maximum atomic E-state index is 12.5. The highest BCUT2D eigenvalue weighted by molar-refractivity contribution is 5.85. The zero-order valence-electron chi connectivity index (χ0n) is 39.6. The van der Waals surface area contributed by atoms with Gasteiger partial charge in [0.25, 0.3) is 0 Å². The second-order valence-corrected chi connectivity index (χ2v) is 23.9. The Hall–Kier alpha value is -3.24. The molecule has 11 aliphatic rings. The normalized spacial score (nSPS) is 38.3. The lowest BCUT2D eigenvalue weighted by atomic mass is 9.50. The second-order valence-electron chi connectivity index (χ2n) is 23.9. The van der Waals surface area contributed by atoms with E-state index < -0.39 is 69.8 Å². The minimum absolute atomic E-state index is 0. The van der Waals surface area contributed by atoms with Crippen LogP contribution in [0.5, 0.6) is 0 Å². The van der Waals surface area contributed by atoms with E-state index in [4.69, 9.17) is 23.7 Å². The Morgan fingerprint density at radius 2 is 1.13 bits per heavy atom. The molecule has 13 heteroatoms. The molecule has 10 saturated carbocycles. The van der Waals surface area contributed by atoms with E-state index in [9.17, 15) is 39.4 Å². The molecule has 10 aliphatic carbocycles. The SMILES string of the molecule is C.C.C.C.C.C.CCC(C)(C)C(=O)OC1(C)C2CC3CC(C2)CC1C3.CCC(C)(C)C(=O)OC12CC3CC(O)(CC(O)(C3)C1)C2.CCC(C)(C)C(=O)OCC(=O)OC1C2CC3C1OC(=O)C3(C#N)C2. The number of carbonyl (C=O) groups excluding carboxylic acids is 5. The van der Waals surface area contributed by atoms with Crippen molar-refractivity contribution in [3.05, 3.63) is 0 Å². The number of hydrogen-bond acceptors (Lipinski definition) is 13. The number of nitrogens with zero attached hydrogens (tertiary/aromatic N) is 1. The van der Waals surface area contributed by atoms with Crippen LogP contribution >= 0.6 is 0 Å². The number of hydrogen-bond donors (Lipinski definition) is 2. The lowest BCUT2D eigenvalue weighted by molar-refractivity contribution is -0.264. The van der Waals surface area contributed by atoms with Crippen LogP contribution in [0.15, 0.2) is 0 Å². The topological polar surface area (TPSA) is 196 Å². The van der Waals surface area contributed by atoms with Crippen LogP contribution in [0.25, 0.3) is 0 Å². The van der Waals surface area contributed by atoms with Gasteiger partial charge in [0.15, 0.2) is 12.0 Å². The van der Waals surface area contributed by atoms with Crippen LogP contribution in [0, 0.1) is 74.4 Å². The van der Waals surface area contributed by atoms with Crippen molar-refractivity contribution in [2.24, 2.45) is 63.1 Å². The predicted molar refractivity (Wildman–Crippen MR) is 269 cm³/mol. The van der Waals surface area contributed by atoms with Gasteiger partial charge in [-0.15, -0.1) is 0 Å². The van der Waals surface area contributed by atoms with Crippen molar-refractivity contribution >= 4 is 29.8 Å². The number of rotatable bonds is 11. The summed E-state index contributed by atoms with van der Waals surface area (Å²) < 4.78 is 27.7. The standard InChI is InChI=1S/C17H21NO6.C17H28O2.C16H26O4.6CH4/c1-4-16(2,3)14(20)22-7-11(19)23-12-9-5-10-13(12)24-15(21)17(10,6-9)8-18;1-5-16(2,3)15(18)19-17(4)13-7-11-6-12(9-13)10-14(17)8-11;1-4-13(2,3)12(17)20-16-7-11-5-14(18,9-16)8-15(19,6-11)10-16;;;;;;/h9-10,12-13H,4-7H2,1-3H3;11-14H,5-10H2,1-4H3;11,18-19H,4-10H2,1-3H3;6*1H4. The molecule has 69 heavy (non-hydrogen) atoms. The molecule has 2 N–H and O–H groups in total. The Morgan fingerprint density at radius 1 is 0.667 bits per heavy atom. The van der Waals surface area contributed by atoms with E-state index in [1.54, 1.807) is 13.8 Å². The first-order chi connectivity index (χ1) is 29.2. The first-order valence-electron chi connectivity index (χ1n) is 24.1. The first-order valence-corrected chi connectivity index (χ1v) is 24.1. The Kier molecular flexibility index (Phi) is 20.2. The van der Waals surface area contributed by atoms with Gasteiger partial charge < -0.3 is 33.9 Å². The summed E-state index contributed by atoms with van der Waals surface area (Å²) in [5.41, 5.74) is -5.05. The zero-order valence-corrected chi connectivity index (χ0v) is 39.6. The second kappa shape index (κ2) is 21.9. The van der Waals surface area contributed by atoms with Crippen molar-refractivity contribution in [3.8, 4) is 6.07 Å². The molecule has 13 nitrogen and oxygen atoms in total. The Balaban J connectivity index is 0.000000499. The van der Waals surface area contributed by atoms with Crippen molar-refractivity contribution < 1.29 is 57.9 Å². The van der Waals surface area contributed by atoms with E-state index in [1.165, 1.54) is 32.1 Å². The van der Waals surface area contributed by atoms with Gasteiger partial charge in [0.05, 0.1) is 33.5 Å². The van der Waals surface area contributed by atoms with Crippen LogP contribution < -0.4 is 0 Å². The quantitative estimate of drug-likeness (QED) is 0.147. The van der Waals surface area contributed by atoms with Gasteiger partial charge >= 0.3 is 29.8 Å². The number of aliphatic hydroxyl groups is 2. The van der Waals surface area contributed by atoms with Crippen LogP contribution in [-0.2, 0) is 47.7 Å². The Labute approximate surface area is 418 Å². The number of fused-ring (bicyclic) bond motifs is 1. The van der Waals surface area contributed by atoms with E-state index in [0.717, 1.165) is 43.9 Å². The van der Waals surface area contributed by atoms with Gasteiger partial charge in [0.1, 0.15) is 23.4 Å². The summed E-state index contributed by atoms with van der Waals surface area (Å²) in [4.78, 5) is 60.7. The van der Waals surface area contributed by atoms with Gasteiger partial charge in [-0.1, -0.05) is 65.3 Å². The molecule has 0 spiro atoms. The number of ether oxygens (including phenoxy) is 5. The van der Waals surface area contributed by atoms with Crippen molar-refractivity contribution in [1.82, 2.24) is 0 Å². The van der Waals surface area contributed by atoms with E-state index in [-0.39, 0.29) is 85.3 Å². The summed E-state index contributed by atoms with van der Waals surface area (Å²) in [7, 11) is 0. The molecule has 0 aromatic rings. The van der Waals surface area contributed by atoms with Gasteiger partial charge in [-0.05, 0) is 162 Å². The Bertz CT molecular complexity index is 1830. The molecule has 0 aromatic carbocycles. The fourth-order valence-corrected chi connectivity index (χ4v) is 13.5. The number of carbonyl (C=O) groups is 5. The van der Waals surface area contributed by atoms with Gasteiger partial charge in [-0.3, -0.25) is 19.2 Å². The third-order valence-electron chi connectivity index (χ3n) is 18.0. The third-order valence-corrected chi connectivity index (χ3v) is 18.0. The van der Waals surface area contributed by atoms with Crippen molar-refractivity contribution in [2.45, 2.75) is 251 Å². The lowest BCUT2D eigenvalue weighted by Gasteiger charge is -2.62. The lowest BCUT2D eigenvalue weighted by Crippen LogP contribution is -2.67. The molecule has 0 aromatic heterocycles. The zero-order chi connectivity index (χ0) is 46.3. The molecule has 400 valence electrons. The highest BCUT2D eigenvalue weighted by atomic mass is 16.6. The van der Waals surface area contributed by atoms with E-state index in [0.29, 0.717) is 50.4 Å². The molecule has 10 bridgehead atoms. The van der Waals surface area contributed by atoms with Crippen LogP contribution in [-0.4, -0.2) is 81.3 Å². The van der Waals surface area contributed by atoms with Gasteiger partial charge in [-0.2, -0.15) is 5.26 Å². The molecular formula is C56H99NO12. The molecule has 7 atom stereocenters. The molecule has 1 heterocycles. The molecule has 0 radical (unpaired) electrons. The molecular weight excluding hydrogens is 879 g/mol. The van der Waals surface area contributed by atoms with Gasteiger partial charge in [0, 0.05) is 31.1 Å². The average molecular weight is 978 g/mol. The number of nitriles is 1. The van der Waals surface area contributed by atoms with Crippen molar-refractivity contribution in [2.75, 3.05) is 6.61 Å². The smallest absolute Gasteiger partial charge is 0.344 e. The summed E-state index contributed by atoms with van der Waals surface area (Å²) in [6, 6.07) is 2.10. The molecule has 0 amide bonds. The van der Waals surface area contributed by atoms with Crippen LogP contribution in [0.2, 0.25) is 0 Å². The fraction of sp³-hybridized carbons (Fsp3) is 0.893. The summed E-state index contributed by atoms with van der Waals surface area (Å²) in [5.74, 6) is 1.32. The predicted octanol–water partition coefficient (Wildman–Crippen LogP) is 11.5. The summed E-state index contributed by atoms with van der Waals surface area (Å²) in [6.07, 6.45) is 12.4. The molecule has 1 saturated heterocycles. The molecule has 11 fully saturated rings. The Morgan fingerprint density at radius 3 is 1.58 bits per heavy atom. The monoisotopic (exact) mass is 978 g/mol. The van der Waals surface area contributed by atoms with Crippen LogP contribution in [0.4, 0.5) is 0 Å². The van der Waals surface area contributed by atoms with Crippen LogP contribution in [0.3, 0.4) is 0 Å². The van der Waals surface area contributed by atoms with Gasteiger partial charge in [-0.25, -0.2) is 4.79 Å². The van der Waals surface area contributed by atoms with E-state index >= 15 is 0 Å². The third kappa shape index (κ3) is 11.7. The molecule has 11 rings (SSSR count). The minimum Gasteiger partial charge on any atom is -0.458 e. The summed E-state index contributed by atoms with van der Waals surface area (Å²) >= 11 is 0. The minimum atomic E-state index is -1.06. The first kappa shape index (κ1) is 63.8. The average Bonchev–Trinajstić information content (AvgIpc) is 3.80. The maximum absolute atomic E-state index is 12.5. The van der Waals surface area contributed by atoms with Crippen molar-refractivity contribution in [3.63, 3.8) is 0 Å². The van der Waals surface area contributed by atoms with E-state index in [2.05, 4.69) is 19.9 Å². The summed E-state index contributed by atoms with van der Waals surface area (Å²) in [5, 5.41) is 30.6. The highest BCUT2D eigenvalue weighted by Gasteiger charge is 2.72. The van der Waals surface area contributed by atoms with Crippen molar-refractivity contribution in [1.29, 1.82) is 5.26 Å². The molecule has 1 aliphatic heterocycles. The van der Waals surface area contributed by atoms with E-state index in [1.807, 2.05) is 41.5 Å². The van der Waals surface area contributed by atoms with Crippen LogP contribution in [0.1, 0.15) is 217 Å². The molecule has 7 unspecified atom stereocenters. The van der Waals surface area contributed by atoms with Gasteiger partial charge in [0.2, 0.25) is 0 Å². The largest absolute Gasteiger partial charge is 0.458 e. The highest BCUT2D eigenvalue weighted by Crippen LogP contribution is 2.63. The fourth-order valence-electron chi connectivity index (χ4n) is 13.5. The summed E-state index contributed by atoms with van der Waals surface area (Å²) in [6.45, 7) is 19.0. The maximum Gasteiger partial charge on any atom is 0.344 e. The number of esters is 5.